The van der Waals surface area contributed by atoms with Crippen molar-refractivity contribution in [1.82, 2.24) is 4.90 Å². The van der Waals surface area contributed by atoms with Crippen LogP contribution in [0.2, 0.25) is 0 Å². The molecule has 2 N–H and O–H groups in total. The highest BCUT2D eigenvalue weighted by atomic mass is 79.9. The minimum atomic E-state index is 0.462. The molecule has 0 radical (unpaired) electrons. The Morgan fingerprint density at radius 3 is 2.40 bits per heavy atom. The zero-order valence-corrected chi connectivity index (χ0v) is 14.7. The smallest absolute Gasteiger partial charge is 0.136 e. The molecule has 1 aliphatic rings. The zero-order chi connectivity index (χ0) is 15.0. The minimum Gasteiger partial charge on any atom is -0.495 e. The molecule has 0 saturated carbocycles. The molecular weight excluding hydrogens is 316 g/mol. The second-order valence-corrected chi connectivity index (χ2v) is 6.72. The number of nitrogens with two attached hydrogens (primary N) is 1. The van der Waals surface area contributed by atoms with Crippen molar-refractivity contribution in [3.05, 3.63) is 26.7 Å². The second-order valence-electron chi connectivity index (χ2n) is 5.93. The molecule has 3 nitrogen and oxygen atoms in total. The molecule has 20 heavy (non-hydrogen) atoms. The molecule has 0 aromatic heterocycles. The molecule has 112 valence electrons. The number of nitrogens with zero attached hydrogens (tertiary/aromatic N) is 1. The van der Waals surface area contributed by atoms with Crippen molar-refractivity contribution in [1.29, 1.82) is 0 Å². The SMILES string of the molecule is COc1c(C)c(C)c(C2CC(CN)CN2C)c(C)c1Br. The first kappa shape index (κ1) is 15.8. The minimum absolute atomic E-state index is 0.462. The van der Waals surface area contributed by atoms with Gasteiger partial charge < -0.3 is 10.5 Å². The molecule has 1 aromatic carbocycles. The standard InChI is InChI=1S/C16H25BrN2O/c1-9-10(2)16(20-5)15(17)11(3)14(9)13-6-12(7-18)8-19(13)4/h12-13H,6-8,18H2,1-5H3. The molecule has 4 heteroatoms. The van der Waals surface area contributed by atoms with Gasteiger partial charge in [0.25, 0.3) is 0 Å². The molecule has 1 aliphatic heterocycles. The third kappa shape index (κ3) is 2.49. The van der Waals surface area contributed by atoms with E-state index in [9.17, 15) is 0 Å². The third-order valence-corrected chi connectivity index (χ3v) is 5.70. The largest absolute Gasteiger partial charge is 0.495 e. The molecular formula is C16H25BrN2O. The van der Waals surface area contributed by atoms with Crippen LogP contribution >= 0.6 is 15.9 Å². The van der Waals surface area contributed by atoms with Crippen LogP contribution in [0.5, 0.6) is 5.75 Å². The van der Waals surface area contributed by atoms with Crippen LogP contribution in [0, 0.1) is 26.7 Å². The number of ether oxygens (including phenoxy) is 1. The van der Waals surface area contributed by atoms with Crippen LogP contribution in [0.25, 0.3) is 0 Å². The molecule has 0 bridgehead atoms. The van der Waals surface area contributed by atoms with E-state index in [2.05, 4.69) is 48.6 Å². The van der Waals surface area contributed by atoms with Gasteiger partial charge in [-0.3, -0.25) is 4.90 Å². The molecule has 0 aliphatic carbocycles. The highest BCUT2D eigenvalue weighted by Gasteiger charge is 2.33. The van der Waals surface area contributed by atoms with Gasteiger partial charge in [-0.1, -0.05) is 0 Å². The summed E-state index contributed by atoms with van der Waals surface area (Å²) in [5, 5.41) is 0. The van der Waals surface area contributed by atoms with Gasteiger partial charge in [0, 0.05) is 12.6 Å². The predicted octanol–water partition coefficient (Wildman–Crippen LogP) is 3.33. The van der Waals surface area contributed by atoms with Gasteiger partial charge in [0.2, 0.25) is 0 Å². The molecule has 2 rings (SSSR count). The number of rotatable bonds is 3. The Kier molecular flexibility index (Phi) is 4.77. The third-order valence-electron chi connectivity index (χ3n) is 4.75. The maximum atomic E-state index is 5.86. The fraction of sp³-hybridized carbons (Fsp3) is 0.625. The van der Waals surface area contributed by atoms with Gasteiger partial charge in [0.15, 0.2) is 0 Å². The molecule has 0 amide bonds. The van der Waals surface area contributed by atoms with Crippen molar-refractivity contribution in [2.45, 2.75) is 33.2 Å². The van der Waals surface area contributed by atoms with Crippen molar-refractivity contribution in [3.8, 4) is 5.75 Å². The summed E-state index contributed by atoms with van der Waals surface area (Å²) in [5.74, 6) is 1.56. The molecule has 1 heterocycles. The Morgan fingerprint density at radius 1 is 1.25 bits per heavy atom. The van der Waals surface area contributed by atoms with E-state index in [1.165, 1.54) is 22.3 Å². The lowest BCUT2D eigenvalue weighted by Crippen LogP contribution is -2.21. The maximum Gasteiger partial charge on any atom is 0.136 e. The van der Waals surface area contributed by atoms with E-state index in [-0.39, 0.29) is 0 Å². The maximum absolute atomic E-state index is 5.86. The summed E-state index contributed by atoms with van der Waals surface area (Å²) in [5.41, 5.74) is 11.2. The van der Waals surface area contributed by atoms with Crippen molar-refractivity contribution in [3.63, 3.8) is 0 Å². The van der Waals surface area contributed by atoms with E-state index >= 15 is 0 Å². The highest BCUT2D eigenvalue weighted by Crippen LogP contribution is 2.44. The number of benzene rings is 1. The van der Waals surface area contributed by atoms with Gasteiger partial charge in [0.1, 0.15) is 5.75 Å². The van der Waals surface area contributed by atoms with Gasteiger partial charge in [-0.2, -0.15) is 0 Å². The van der Waals surface area contributed by atoms with E-state index in [1.54, 1.807) is 7.11 Å². The molecule has 1 fully saturated rings. The van der Waals surface area contributed by atoms with Gasteiger partial charge in [-0.05, 0) is 84.9 Å². The fourth-order valence-corrected chi connectivity index (χ4v) is 4.14. The molecule has 2 unspecified atom stereocenters. The van der Waals surface area contributed by atoms with E-state index in [0.717, 1.165) is 29.7 Å². The summed E-state index contributed by atoms with van der Waals surface area (Å²) in [6.07, 6.45) is 1.15. The van der Waals surface area contributed by atoms with Gasteiger partial charge in [0.05, 0.1) is 11.6 Å². The first-order valence-electron chi connectivity index (χ1n) is 7.15. The summed E-state index contributed by atoms with van der Waals surface area (Å²) < 4.78 is 6.63. The average molecular weight is 341 g/mol. The van der Waals surface area contributed by atoms with Crippen molar-refractivity contribution < 1.29 is 4.74 Å². The van der Waals surface area contributed by atoms with Crippen LogP contribution in [-0.2, 0) is 0 Å². The Balaban J connectivity index is 2.53. The van der Waals surface area contributed by atoms with E-state index in [1.807, 2.05) is 0 Å². The van der Waals surface area contributed by atoms with Crippen LogP contribution < -0.4 is 10.5 Å². The summed E-state index contributed by atoms with van der Waals surface area (Å²) in [6.45, 7) is 8.38. The lowest BCUT2D eigenvalue weighted by molar-refractivity contribution is 0.311. The quantitative estimate of drug-likeness (QED) is 0.916. The van der Waals surface area contributed by atoms with Crippen LogP contribution in [0.3, 0.4) is 0 Å². The fourth-order valence-electron chi connectivity index (χ4n) is 3.46. The highest BCUT2D eigenvalue weighted by molar-refractivity contribution is 9.10. The summed E-state index contributed by atoms with van der Waals surface area (Å²) in [6, 6.07) is 0.462. The molecule has 2 atom stereocenters. The van der Waals surface area contributed by atoms with E-state index in [0.29, 0.717) is 12.0 Å². The normalized spacial score (nSPS) is 23.4. The number of methoxy groups -OCH3 is 1. The summed E-state index contributed by atoms with van der Waals surface area (Å²) in [7, 11) is 3.93. The Hall–Kier alpha value is -0.580. The Morgan fingerprint density at radius 2 is 1.90 bits per heavy atom. The number of hydrogen-bond acceptors (Lipinski definition) is 3. The Bertz CT molecular complexity index is 487. The van der Waals surface area contributed by atoms with E-state index < -0.39 is 0 Å². The van der Waals surface area contributed by atoms with Crippen molar-refractivity contribution in [2.24, 2.45) is 11.7 Å². The van der Waals surface area contributed by atoms with Crippen LogP contribution in [0.1, 0.15) is 34.7 Å². The second kappa shape index (κ2) is 6.04. The first-order valence-corrected chi connectivity index (χ1v) is 7.95. The number of likely N-dealkylation sites (tertiary alicyclic amines) is 1. The lowest BCUT2D eigenvalue weighted by atomic mass is 9.89. The van der Waals surface area contributed by atoms with Crippen molar-refractivity contribution >= 4 is 15.9 Å². The molecule has 1 saturated heterocycles. The first-order chi connectivity index (χ1) is 9.42. The number of hydrogen-bond donors (Lipinski definition) is 1. The van der Waals surface area contributed by atoms with Crippen molar-refractivity contribution in [2.75, 3.05) is 27.2 Å². The molecule has 1 aromatic rings. The van der Waals surface area contributed by atoms with Crippen LogP contribution in [-0.4, -0.2) is 32.1 Å². The summed E-state index contributed by atoms with van der Waals surface area (Å²) in [4.78, 5) is 2.44. The monoisotopic (exact) mass is 340 g/mol. The average Bonchev–Trinajstić information content (AvgIpc) is 2.79. The lowest BCUT2D eigenvalue weighted by Gasteiger charge is -2.26. The van der Waals surface area contributed by atoms with E-state index in [4.69, 9.17) is 10.5 Å². The molecule has 0 spiro atoms. The van der Waals surface area contributed by atoms with Crippen LogP contribution in [0.15, 0.2) is 4.47 Å². The van der Waals surface area contributed by atoms with Crippen LogP contribution in [0.4, 0.5) is 0 Å². The van der Waals surface area contributed by atoms with Gasteiger partial charge in [-0.15, -0.1) is 0 Å². The Labute approximate surface area is 130 Å². The van der Waals surface area contributed by atoms with Gasteiger partial charge in [-0.25, -0.2) is 0 Å². The number of halogens is 1. The topological polar surface area (TPSA) is 38.5 Å². The van der Waals surface area contributed by atoms with Gasteiger partial charge >= 0.3 is 0 Å². The summed E-state index contributed by atoms with van der Waals surface area (Å²) >= 11 is 3.71. The predicted molar refractivity (Wildman–Crippen MR) is 87.4 cm³/mol. The zero-order valence-electron chi connectivity index (χ0n) is 13.1.